The number of nitriles is 1. The normalized spacial score (nSPS) is 9.09. The van der Waals surface area contributed by atoms with Crippen molar-refractivity contribution >= 4 is 28.3 Å². The monoisotopic (exact) mass is 258 g/mol. The van der Waals surface area contributed by atoms with Crippen LogP contribution in [0.2, 0.25) is 0 Å². The third kappa shape index (κ3) is 2.09. The summed E-state index contributed by atoms with van der Waals surface area (Å²) in [7, 11) is 0. The molecule has 0 spiro atoms. The third-order valence-corrected chi connectivity index (χ3v) is 2.33. The molecule has 0 saturated heterocycles. The first kappa shape index (κ1) is 8.34. The molecule has 0 unspecified atom stereocenters. The lowest BCUT2D eigenvalue weighted by molar-refractivity contribution is 1.26. The van der Waals surface area contributed by atoms with Crippen LogP contribution in [0.15, 0.2) is 18.2 Å². The van der Waals surface area contributed by atoms with Gasteiger partial charge in [0.15, 0.2) is 0 Å². The van der Waals surface area contributed by atoms with Gasteiger partial charge < -0.3 is 5.73 Å². The first-order valence-electron chi connectivity index (χ1n) is 3.15. The molecule has 2 N–H and O–H groups in total. The molecule has 0 bridgehead atoms. The van der Waals surface area contributed by atoms with Crippen LogP contribution in [-0.2, 0) is 6.42 Å². The minimum atomic E-state index is 0.432. The number of halogens is 1. The summed E-state index contributed by atoms with van der Waals surface area (Å²) in [6.07, 6.45) is 0.432. The Morgan fingerprint density at radius 2 is 2.27 bits per heavy atom. The van der Waals surface area contributed by atoms with E-state index in [4.69, 9.17) is 11.0 Å². The Hall–Kier alpha value is -0.760. The van der Waals surface area contributed by atoms with Crippen molar-refractivity contribution in [3.63, 3.8) is 0 Å². The average molecular weight is 258 g/mol. The van der Waals surface area contributed by atoms with Gasteiger partial charge in [0.25, 0.3) is 0 Å². The number of nitrogens with two attached hydrogens (primary N) is 1. The quantitative estimate of drug-likeness (QED) is 0.618. The van der Waals surface area contributed by atoms with Crippen LogP contribution in [0.3, 0.4) is 0 Å². The molecule has 11 heavy (non-hydrogen) atoms. The Kier molecular flexibility index (Phi) is 2.71. The van der Waals surface area contributed by atoms with Crippen molar-refractivity contribution in [3.05, 3.63) is 27.3 Å². The van der Waals surface area contributed by atoms with E-state index in [1.165, 1.54) is 0 Å². The smallest absolute Gasteiger partial charge is 0.0669 e. The van der Waals surface area contributed by atoms with Crippen LogP contribution >= 0.6 is 22.6 Å². The summed E-state index contributed by atoms with van der Waals surface area (Å²) in [6, 6.07) is 7.75. The number of nitrogen functional groups attached to an aromatic ring is 1. The van der Waals surface area contributed by atoms with Crippen molar-refractivity contribution < 1.29 is 0 Å². The largest absolute Gasteiger partial charge is 0.398 e. The second kappa shape index (κ2) is 3.58. The Balaban J connectivity index is 2.98. The molecule has 0 fully saturated rings. The lowest BCUT2D eigenvalue weighted by atomic mass is 10.1. The van der Waals surface area contributed by atoms with Gasteiger partial charge in [0, 0.05) is 9.26 Å². The summed E-state index contributed by atoms with van der Waals surface area (Å²) in [5.74, 6) is 0. The molecule has 2 nitrogen and oxygen atoms in total. The summed E-state index contributed by atoms with van der Waals surface area (Å²) in [5.41, 5.74) is 7.36. The average Bonchev–Trinajstić information content (AvgIpc) is 1.98. The van der Waals surface area contributed by atoms with Gasteiger partial charge in [0.2, 0.25) is 0 Å². The fraction of sp³-hybridized carbons (Fsp3) is 0.125. The SMILES string of the molecule is N#CCc1ccc(I)c(N)c1. The molecule has 3 heteroatoms. The molecule has 1 rings (SSSR count). The van der Waals surface area contributed by atoms with Crippen molar-refractivity contribution in [2.45, 2.75) is 6.42 Å². The summed E-state index contributed by atoms with van der Waals surface area (Å²) in [4.78, 5) is 0. The molecular weight excluding hydrogens is 251 g/mol. The van der Waals surface area contributed by atoms with E-state index in [1.807, 2.05) is 18.2 Å². The van der Waals surface area contributed by atoms with Gasteiger partial charge in [-0.1, -0.05) is 6.07 Å². The van der Waals surface area contributed by atoms with Crippen molar-refractivity contribution in [2.24, 2.45) is 0 Å². The summed E-state index contributed by atoms with van der Waals surface area (Å²) < 4.78 is 1.03. The number of anilines is 1. The van der Waals surface area contributed by atoms with Crippen LogP contribution in [0.1, 0.15) is 5.56 Å². The number of hydrogen-bond acceptors (Lipinski definition) is 2. The summed E-state index contributed by atoms with van der Waals surface area (Å²) in [6.45, 7) is 0. The summed E-state index contributed by atoms with van der Waals surface area (Å²) >= 11 is 2.16. The van der Waals surface area contributed by atoms with Crippen molar-refractivity contribution in [2.75, 3.05) is 5.73 Å². The zero-order valence-electron chi connectivity index (χ0n) is 5.84. The van der Waals surface area contributed by atoms with Crippen LogP contribution in [0.25, 0.3) is 0 Å². The fourth-order valence-corrected chi connectivity index (χ4v) is 1.13. The molecule has 0 aliphatic carbocycles. The highest BCUT2D eigenvalue weighted by Gasteiger charge is 1.96. The van der Waals surface area contributed by atoms with Gasteiger partial charge in [-0.3, -0.25) is 0 Å². The maximum absolute atomic E-state index is 8.39. The zero-order chi connectivity index (χ0) is 8.27. The van der Waals surface area contributed by atoms with Gasteiger partial charge in [-0.15, -0.1) is 0 Å². The van der Waals surface area contributed by atoms with Gasteiger partial charge in [-0.05, 0) is 40.3 Å². The highest BCUT2D eigenvalue weighted by molar-refractivity contribution is 14.1. The van der Waals surface area contributed by atoms with E-state index in [-0.39, 0.29) is 0 Å². The number of rotatable bonds is 1. The maximum atomic E-state index is 8.39. The molecule has 0 aliphatic heterocycles. The fourth-order valence-electron chi connectivity index (χ4n) is 0.794. The van der Waals surface area contributed by atoms with Crippen LogP contribution in [0.4, 0.5) is 5.69 Å². The number of benzene rings is 1. The van der Waals surface area contributed by atoms with Crippen molar-refractivity contribution in [1.82, 2.24) is 0 Å². The second-order valence-electron chi connectivity index (χ2n) is 2.19. The lowest BCUT2D eigenvalue weighted by Crippen LogP contribution is -1.91. The van der Waals surface area contributed by atoms with Crippen LogP contribution < -0.4 is 5.73 Å². The van der Waals surface area contributed by atoms with E-state index in [1.54, 1.807) is 0 Å². The molecule has 0 amide bonds. The van der Waals surface area contributed by atoms with Gasteiger partial charge in [0.1, 0.15) is 0 Å². The summed E-state index contributed by atoms with van der Waals surface area (Å²) in [5, 5.41) is 8.39. The van der Waals surface area contributed by atoms with Crippen LogP contribution in [0, 0.1) is 14.9 Å². The molecule has 56 valence electrons. The van der Waals surface area contributed by atoms with Gasteiger partial charge in [-0.25, -0.2) is 0 Å². The van der Waals surface area contributed by atoms with Gasteiger partial charge >= 0.3 is 0 Å². The standard InChI is InChI=1S/C8H7IN2/c9-7-2-1-6(3-4-10)5-8(7)11/h1-2,5H,3,11H2. The molecule has 0 aliphatic rings. The highest BCUT2D eigenvalue weighted by atomic mass is 127. The van der Waals surface area contributed by atoms with E-state index >= 15 is 0 Å². The van der Waals surface area contributed by atoms with Crippen LogP contribution in [-0.4, -0.2) is 0 Å². The first-order chi connectivity index (χ1) is 5.24. The Labute approximate surface area is 79.2 Å². The van der Waals surface area contributed by atoms with E-state index in [2.05, 4.69) is 28.7 Å². The molecule has 1 aromatic carbocycles. The van der Waals surface area contributed by atoms with E-state index < -0.39 is 0 Å². The minimum absolute atomic E-state index is 0.432. The molecule has 0 saturated carbocycles. The molecule has 0 atom stereocenters. The molecular formula is C8H7IN2. The third-order valence-electron chi connectivity index (χ3n) is 1.34. The topological polar surface area (TPSA) is 49.8 Å². The number of nitrogens with zero attached hydrogens (tertiary/aromatic N) is 1. The molecule has 1 aromatic rings. The van der Waals surface area contributed by atoms with Crippen molar-refractivity contribution in [3.8, 4) is 6.07 Å². The molecule has 0 radical (unpaired) electrons. The Morgan fingerprint density at radius 3 is 2.82 bits per heavy atom. The van der Waals surface area contributed by atoms with Gasteiger partial charge in [-0.2, -0.15) is 5.26 Å². The van der Waals surface area contributed by atoms with E-state index in [9.17, 15) is 0 Å². The zero-order valence-corrected chi connectivity index (χ0v) is 8.00. The predicted octanol–water partition coefficient (Wildman–Crippen LogP) is 1.94. The predicted molar refractivity (Wildman–Crippen MR) is 52.9 cm³/mol. The highest BCUT2D eigenvalue weighted by Crippen LogP contribution is 2.16. The second-order valence-corrected chi connectivity index (χ2v) is 3.35. The maximum Gasteiger partial charge on any atom is 0.0669 e. The minimum Gasteiger partial charge on any atom is -0.398 e. The van der Waals surface area contributed by atoms with Crippen molar-refractivity contribution in [1.29, 1.82) is 5.26 Å². The number of hydrogen-bond donors (Lipinski definition) is 1. The van der Waals surface area contributed by atoms with E-state index in [0.29, 0.717) is 6.42 Å². The molecule has 0 aromatic heterocycles. The Morgan fingerprint density at radius 1 is 1.55 bits per heavy atom. The molecule has 0 heterocycles. The first-order valence-corrected chi connectivity index (χ1v) is 4.23. The lowest BCUT2D eigenvalue weighted by Gasteiger charge is -1.98. The van der Waals surface area contributed by atoms with Gasteiger partial charge in [0.05, 0.1) is 12.5 Å². The van der Waals surface area contributed by atoms with E-state index in [0.717, 1.165) is 14.8 Å². The Bertz CT molecular complexity index is 301. The van der Waals surface area contributed by atoms with Crippen LogP contribution in [0.5, 0.6) is 0 Å².